The van der Waals surface area contributed by atoms with Gasteiger partial charge in [0.1, 0.15) is 23.7 Å². The summed E-state index contributed by atoms with van der Waals surface area (Å²) in [4.78, 5) is 35.1. The number of hydrogen-bond donors (Lipinski definition) is 2. The van der Waals surface area contributed by atoms with Crippen LogP contribution in [0.3, 0.4) is 0 Å². The number of methoxy groups -OCH3 is 1. The molecule has 0 aliphatic heterocycles. The van der Waals surface area contributed by atoms with E-state index in [1.165, 1.54) is 33.1 Å². The number of nitrogens with one attached hydrogen (secondary N) is 1. The first-order chi connectivity index (χ1) is 12.5. The van der Waals surface area contributed by atoms with Crippen molar-refractivity contribution in [3.8, 4) is 0 Å². The van der Waals surface area contributed by atoms with Crippen LogP contribution in [0.15, 0.2) is 23.1 Å². The molecule has 0 radical (unpaired) electrons. The van der Waals surface area contributed by atoms with E-state index in [2.05, 4.69) is 5.32 Å². The Morgan fingerprint density at radius 1 is 1.26 bits per heavy atom. The molecule has 0 saturated carbocycles. The van der Waals surface area contributed by atoms with E-state index in [0.717, 1.165) is 0 Å². The van der Waals surface area contributed by atoms with E-state index in [-0.39, 0.29) is 5.69 Å². The fraction of sp³-hybridized carbons (Fsp3) is 0.471. The van der Waals surface area contributed by atoms with E-state index in [0.29, 0.717) is 5.56 Å². The zero-order valence-electron chi connectivity index (χ0n) is 15.5. The van der Waals surface area contributed by atoms with E-state index in [4.69, 9.17) is 9.47 Å². The van der Waals surface area contributed by atoms with E-state index in [9.17, 15) is 27.4 Å². The molecule has 2 unspecified atom stereocenters. The third kappa shape index (κ3) is 7.18. The number of carbonyl (C=O) groups is 3. The molecule has 150 valence electrons. The molecule has 0 saturated heterocycles. The number of ketones is 2. The second-order valence-electron chi connectivity index (χ2n) is 5.98. The van der Waals surface area contributed by atoms with Crippen LogP contribution in [0.1, 0.15) is 25.8 Å². The minimum atomic E-state index is -4.55. The van der Waals surface area contributed by atoms with Gasteiger partial charge in [-0.25, -0.2) is 0 Å². The van der Waals surface area contributed by atoms with Crippen LogP contribution in [0.5, 0.6) is 0 Å². The predicted molar refractivity (Wildman–Crippen MR) is 96.1 cm³/mol. The van der Waals surface area contributed by atoms with Crippen LogP contribution in [0.4, 0.5) is 5.69 Å². The molecular formula is C17H23NO8S. The highest BCUT2D eigenvalue weighted by Gasteiger charge is 2.24. The quantitative estimate of drug-likeness (QED) is 0.557. The maximum absolute atomic E-state index is 12.2. The second kappa shape index (κ2) is 9.70. The number of carbonyl (C=O) groups excluding carboxylic acids is 3. The molecule has 27 heavy (non-hydrogen) atoms. The molecule has 2 atom stereocenters. The van der Waals surface area contributed by atoms with Gasteiger partial charge < -0.3 is 14.8 Å². The highest BCUT2D eigenvalue weighted by Crippen LogP contribution is 2.23. The summed E-state index contributed by atoms with van der Waals surface area (Å²) in [6, 6.07) is 4.08. The maximum atomic E-state index is 12.2. The monoisotopic (exact) mass is 401 g/mol. The molecule has 1 aromatic rings. The third-order valence-corrected chi connectivity index (χ3v) is 4.64. The fourth-order valence-electron chi connectivity index (χ4n) is 2.07. The van der Waals surface area contributed by atoms with Gasteiger partial charge in [0.15, 0.2) is 11.6 Å². The van der Waals surface area contributed by atoms with Crippen molar-refractivity contribution in [3.63, 3.8) is 0 Å². The van der Waals surface area contributed by atoms with Gasteiger partial charge in [0.2, 0.25) is 5.91 Å². The SMILES string of the molecule is COC(C)C(=O)COC(CC(=O)Nc1ccc(C)cc1S(=O)(=O)O)C(C)=O. The van der Waals surface area contributed by atoms with Crippen LogP contribution in [-0.4, -0.2) is 56.4 Å². The lowest BCUT2D eigenvalue weighted by atomic mass is 10.1. The number of anilines is 1. The van der Waals surface area contributed by atoms with Gasteiger partial charge in [-0.3, -0.25) is 18.9 Å². The van der Waals surface area contributed by atoms with Crippen LogP contribution in [-0.2, 0) is 34.0 Å². The smallest absolute Gasteiger partial charge is 0.296 e. The van der Waals surface area contributed by atoms with Crippen molar-refractivity contribution in [1.29, 1.82) is 0 Å². The first-order valence-corrected chi connectivity index (χ1v) is 9.45. The van der Waals surface area contributed by atoms with Gasteiger partial charge in [0.05, 0.1) is 12.1 Å². The Morgan fingerprint density at radius 2 is 1.89 bits per heavy atom. The number of rotatable bonds is 10. The molecule has 0 aliphatic carbocycles. The number of Topliss-reactive ketones (excluding diaryl/α,β-unsaturated/α-hetero) is 2. The number of benzene rings is 1. The molecule has 0 spiro atoms. The summed E-state index contributed by atoms with van der Waals surface area (Å²) < 4.78 is 42.3. The predicted octanol–water partition coefficient (Wildman–Crippen LogP) is 1.15. The molecule has 0 aromatic heterocycles. The Hall–Kier alpha value is -2.14. The highest BCUT2D eigenvalue weighted by molar-refractivity contribution is 7.86. The standard InChI is InChI=1S/C17H23NO8S/c1-10-5-6-13(16(7-10)27(22,23)24)18-17(21)8-15(11(2)19)26-9-14(20)12(3)25-4/h5-7,12,15H,8-9H2,1-4H3,(H,18,21)(H,22,23,24). The lowest BCUT2D eigenvalue weighted by molar-refractivity contribution is -0.141. The summed E-state index contributed by atoms with van der Waals surface area (Å²) >= 11 is 0. The molecule has 0 bridgehead atoms. The lowest BCUT2D eigenvalue weighted by Crippen LogP contribution is -2.32. The average molecular weight is 401 g/mol. The van der Waals surface area contributed by atoms with E-state index < -0.39 is 57.7 Å². The molecule has 0 fully saturated rings. The van der Waals surface area contributed by atoms with Crippen molar-refractivity contribution in [3.05, 3.63) is 23.8 Å². The normalized spacial score (nSPS) is 13.7. The van der Waals surface area contributed by atoms with E-state index >= 15 is 0 Å². The fourth-order valence-corrected chi connectivity index (χ4v) is 2.80. The van der Waals surface area contributed by atoms with Crippen molar-refractivity contribution >= 4 is 33.3 Å². The Balaban J connectivity index is 2.85. The summed E-state index contributed by atoms with van der Waals surface area (Å²) in [6.07, 6.45) is -2.32. The molecule has 0 heterocycles. The molecule has 1 rings (SSSR count). The van der Waals surface area contributed by atoms with Gasteiger partial charge in [-0.2, -0.15) is 8.42 Å². The first-order valence-electron chi connectivity index (χ1n) is 8.01. The van der Waals surface area contributed by atoms with Crippen LogP contribution >= 0.6 is 0 Å². The minimum absolute atomic E-state index is 0.125. The average Bonchev–Trinajstić information content (AvgIpc) is 2.57. The van der Waals surface area contributed by atoms with Crippen molar-refractivity contribution in [2.75, 3.05) is 19.0 Å². The lowest BCUT2D eigenvalue weighted by Gasteiger charge is -2.16. The van der Waals surface area contributed by atoms with Crippen LogP contribution in [0.2, 0.25) is 0 Å². The van der Waals surface area contributed by atoms with Gasteiger partial charge in [-0.05, 0) is 38.5 Å². The van der Waals surface area contributed by atoms with Crippen molar-refractivity contribution in [1.82, 2.24) is 0 Å². The summed E-state index contributed by atoms with van der Waals surface area (Å²) in [5.74, 6) is -1.57. The Kier molecular flexibility index (Phi) is 8.22. The Morgan fingerprint density at radius 3 is 2.41 bits per heavy atom. The van der Waals surface area contributed by atoms with Gasteiger partial charge in [0, 0.05) is 7.11 Å². The topological polar surface area (TPSA) is 136 Å². The summed E-state index contributed by atoms with van der Waals surface area (Å²) in [7, 11) is -3.20. The second-order valence-corrected chi connectivity index (χ2v) is 7.37. The molecule has 1 aromatic carbocycles. The summed E-state index contributed by atoms with van der Waals surface area (Å²) in [5, 5.41) is 2.33. The molecule has 2 N–H and O–H groups in total. The zero-order valence-corrected chi connectivity index (χ0v) is 16.3. The Labute approximate surface area is 157 Å². The van der Waals surface area contributed by atoms with Gasteiger partial charge in [-0.15, -0.1) is 0 Å². The van der Waals surface area contributed by atoms with Crippen molar-refractivity contribution in [2.24, 2.45) is 0 Å². The van der Waals surface area contributed by atoms with Crippen LogP contribution in [0, 0.1) is 6.92 Å². The number of hydrogen-bond acceptors (Lipinski definition) is 7. The number of amides is 1. The minimum Gasteiger partial charge on any atom is -0.374 e. The van der Waals surface area contributed by atoms with Gasteiger partial charge in [-0.1, -0.05) is 6.07 Å². The molecule has 1 amide bonds. The number of aryl methyl sites for hydroxylation is 1. The molecule has 10 heteroatoms. The summed E-state index contributed by atoms with van der Waals surface area (Å²) in [6.45, 7) is 3.94. The molecular weight excluding hydrogens is 378 g/mol. The number of ether oxygens (including phenoxy) is 2. The molecule has 0 aliphatic rings. The van der Waals surface area contributed by atoms with Crippen LogP contribution < -0.4 is 5.32 Å². The summed E-state index contributed by atoms with van der Waals surface area (Å²) in [5.41, 5.74) is 0.441. The molecule has 9 nitrogen and oxygen atoms in total. The Bertz CT molecular complexity index is 818. The maximum Gasteiger partial charge on any atom is 0.296 e. The largest absolute Gasteiger partial charge is 0.374 e. The van der Waals surface area contributed by atoms with Crippen molar-refractivity contribution in [2.45, 2.75) is 44.3 Å². The zero-order chi connectivity index (χ0) is 20.8. The van der Waals surface area contributed by atoms with Crippen LogP contribution in [0.25, 0.3) is 0 Å². The first kappa shape index (κ1) is 22.9. The van der Waals surface area contributed by atoms with Gasteiger partial charge >= 0.3 is 0 Å². The van der Waals surface area contributed by atoms with E-state index in [1.807, 2.05) is 0 Å². The van der Waals surface area contributed by atoms with E-state index in [1.54, 1.807) is 13.0 Å². The van der Waals surface area contributed by atoms with Gasteiger partial charge in [0.25, 0.3) is 10.1 Å². The van der Waals surface area contributed by atoms with Crippen molar-refractivity contribution < 1.29 is 36.8 Å². The third-order valence-electron chi connectivity index (χ3n) is 3.75. The highest BCUT2D eigenvalue weighted by atomic mass is 32.2.